The van der Waals surface area contributed by atoms with E-state index < -0.39 is 17.3 Å². The second kappa shape index (κ2) is 11.2. The molecule has 0 bridgehead atoms. The van der Waals surface area contributed by atoms with Gasteiger partial charge in [-0.15, -0.1) is 0 Å². The van der Waals surface area contributed by atoms with Crippen molar-refractivity contribution in [3.05, 3.63) is 127 Å². The van der Waals surface area contributed by atoms with E-state index in [4.69, 9.17) is 4.74 Å². The van der Waals surface area contributed by atoms with Gasteiger partial charge in [-0.1, -0.05) is 52.3 Å². The molecular weight excluding hydrogens is 639 g/mol. The summed E-state index contributed by atoms with van der Waals surface area (Å²) in [4.78, 5) is 17.8. The second-order valence-corrected chi connectivity index (χ2v) is 10.3. The van der Waals surface area contributed by atoms with Crippen molar-refractivity contribution in [2.45, 2.75) is 12.8 Å². The SMILES string of the molecule is O=c1c2ccccc2nc(-c2cccc(C(F)(F)F)c2)n1N=Cc1ccc(OCc2ccc(Br)cc2)c(Br)c1. The lowest BCUT2D eigenvalue weighted by atomic mass is 10.1. The zero-order chi connectivity index (χ0) is 27.6. The average molecular weight is 657 g/mol. The number of para-hydroxylation sites is 1. The molecule has 1 heterocycles. The summed E-state index contributed by atoms with van der Waals surface area (Å²) < 4.78 is 48.7. The monoisotopic (exact) mass is 655 g/mol. The van der Waals surface area contributed by atoms with Gasteiger partial charge in [0.1, 0.15) is 12.4 Å². The number of alkyl halides is 3. The molecule has 0 fully saturated rings. The van der Waals surface area contributed by atoms with E-state index in [1.165, 1.54) is 18.3 Å². The molecule has 0 unspecified atom stereocenters. The molecule has 0 aliphatic heterocycles. The summed E-state index contributed by atoms with van der Waals surface area (Å²) in [5.74, 6) is 0.610. The summed E-state index contributed by atoms with van der Waals surface area (Å²) in [6, 6.07) is 24.4. The van der Waals surface area contributed by atoms with Gasteiger partial charge in [-0.25, -0.2) is 4.98 Å². The Morgan fingerprint density at radius 1 is 0.923 bits per heavy atom. The van der Waals surface area contributed by atoms with Crippen molar-refractivity contribution in [3.8, 4) is 17.1 Å². The van der Waals surface area contributed by atoms with Crippen LogP contribution in [0, 0.1) is 0 Å². The maximum absolute atomic E-state index is 13.4. The van der Waals surface area contributed by atoms with Crippen LogP contribution in [0.15, 0.2) is 110 Å². The molecule has 5 rings (SSSR count). The summed E-state index contributed by atoms with van der Waals surface area (Å²) in [5.41, 5.74) is 0.756. The Balaban J connectivity index is 1.49. The van der Waals surface area contributed by atoms with Gasteiger partial charge >= 0.3 is 6.18 Å². The topological polar surface area (TPSA) is 56.5 Å². The van der Waals surface area contributed by atoms with Gasteiger partial charge < -0.3 is 4.74 Å². The number of halogens is 5. The van der Waals surface area contributed by atoms with E-state index in [1.807, 2.05) is 24.3 Å². The molecule has 4 aromatic carbocycles. The van der Waals surface area contributed by atoms with Crippen LogP contribution < -0.4 is 10.3 Å². The molecule has 196 valence electrons. The zero-order valence-electron chi connectivity index (χ0n) is 20.0. The van der Waals surface area contributed by atoms with Gasteiger partial charge in [-0.05, 0) is 81.7 Å². The molecule has 0 radical (unpaired) electrons. The molecule has 0 saturated carbocycles. The first kappa shape index (κ1) is 26.8. The summed E-state index contributed by atoms with van der Waals surface area (Å²) in [5, 5.41) is 4.63. The van der Waals surface area contributed by atoms with Gasteiger partial charge in [0.2, 0.25) is 0 Å². The number of ether oxygens (including phenoxy) is 1. The number of fused-ring (bicyclic) bond motifs is 1. The van der Waals surface area contributed by atoms with Crippen LogP contribution in [-0.2, 0) is 12.8 Å². The Hall–Kier alpha value is -3.76. The third-order valence-corrected chi connectivity index (χ3v) is 6.94. The lowest BCUT2D eigenvalue weighted by Crippen LogP contribution is -2.20. The Morgan fingerprint density at radius 3 is 2.44 bits per heavy atom. The third-order valence-electron chi connectivity index (χ3n) is 5.79. The van der Waals surface area contributed by atoms with E-state index in [0.29, 0.717) is 33.3 Å². The molecule has 10 heteroatoms. The van der Waals surface area contributed by atoms with E-state index in [2.05, 4.69) is 41.9 Å². The number of aromatic nitrogens is 2. The van der Waals surface area contributed by atoms with Crippen LogP contribution in [0.1, 0.15) is 16.7 Å². The highest BCUT2D eigenvalue weighted by Gasteiger charge is 2.31. The van der Waals surface area contributed by atoms with E-state index in [-0.39, 0.29) is 11.4 Å². The smallest absolute Gasteiger partial charge is 0.416 e. The van der Waals surface area contributed by atoms with Crippen molar-refractivity contribution in [2.75, 3.05) is 0 Å². The Labute approximate surface area is 237 Å². The predicted molar refractivity (Wildman–Crippen MR) is 152 cm³/mol. The standard InChI is InChI=1S/C29H18Br2F3N3O2/c30-22-11-8-18(9-12-22)17-39-26-13-10-19(14-24(26)31)16-35-37-27(20-4-3-5-21(15-20)29(32,33)34)36-25-7-2-1-6-23(25)28(37)38/h1-16H,17H2. The van der Waals surface area contributed by atoms with Crippen LogP contribution in [0.4, 0.5) is 13.2 Å². The fraction of sp³-hybridized carbons (Fsp3) is 0.0690. The van der Waals surface area contributed by atoms with Crippen molar-refractivity contribution in [2.24, 2.45) is 5.10 Å². The maximum Gasteiger partial charge on any atom is 0.416 e. The molecule has 39 heavy (non-hydrogen) atoms. The van der Waals surface area contributed by atoms with Gasteiger partial charge in [0.05, 0.1) is 27.2 Å². The molecule has 0 saturated heterocycles. The first-order valence-electron chi connectivity index (χ1n) is 11.6. The number of benzene rings is 4. The minimum atomic E-state index is -4.55. The third kappa shape index (κ3) is 6.12. The van der Waals surface area contributed by atoms with Crippen LogP contribution in [0.3, 0.4) is 0 Å². The largest absolute Gasteiger partial charge is 0.488 e. The number of hydrogen-bond acceptors (Lipinski definition) is 4. The molecule has 0 spiro atoms. The normalized spacial score (nSPS) is 11.8. The quantitative estimate of drug-likeness (QED) is 0.174. The summed E-state index contributed by atoms with van der Waals surface area (Å²) >= 11 is 6.91. The van der Waals surface area contributed by atoms with Crippen molar-refractivity contribution < 1.29 is 17.9 Å². The number of rotatable bonds is 6. The molecular formula is C29H18Br2F3N3O2. The highest BCUT2D eigenvalue weighted by molar-refractivity contribution is 9.10. The first-order valence-corrected chi connectivity index (χ1v) is 13.2. The Kier molecular flexibility index (Phi) is 7.67. The number of hydrogen-bond donors (Lipinski definition) is 0. The second-order valence-electron chi connectivity index (χ2n) is 8.50. The molecule has 0 aliphatic rings. The van der Waals surface area contributed by atoms with Crippen LogP contribution in [0.25, 0.3) is 22.3 Å². The minimum Gasteiger partial charge on any atom is -0.488 e. The molecule has 0 aliphatic carbocycles. The molecule has 0 amide bonds. The van der Waals surface area contributed by atoms with Gasteiger partial charge in [0.15, 0.2) is 5.82 Å². The maximum atomic E-state index is 13.4. The van der Waals surface area contributed by atoms with E-state index in [1.54, 1.807) is 42.5 Å². The molecule has 5 nitrogen and oxygen atoms in total. The molecule has 0 atom stereocenters. The highest BCUT2D eigenvalue weighted by atomic mass is 79.9. The van der Waals surface area contributed by atoms with Crippen LogP contribution in [0.5, 0.6) is 5.75 Å². The first-order chi connectivity index (χ1) is 18.7. The van der Waals surface area contributed by atoms with Crippen molar-refractivity contribution in [1.82, 2.24) is 9.66 Å². The highest BCUT2D eigenvalue weighted by Crippen LogP contribution is 2.32. The Bertz CT molecular complexity index is 1750. The minimum absolute atomic E-state index is 0.00503. The lowest BCUT2D eigenvalue weighted by Gasteiger charge is -2.12. The van der Waals surface area contributed by atoms with Gasteiger partial charge in [0.25, 0.3) is 5.56 Å². The van der Waals surface area contributed by atoms with E-state index in [9.17, 15) is 18.0 Å². The molecule has 1 aromatic heterocycles. The van der Waals surface area contributed by atoms with Crippen molar-refractivity contribution in [3.63, 3.8) is 0 Å². The van der Waals surface area contributed by atoms with Gasteiger partial charge in [-0.2, -0.15) is 22.9 Å². The fourth-order valence-electron chi connectivity index (χ4n) is 3.83. The molecule has 5 aromatic rings. The van der Waals surface area contributed by atoms with Gasteiger partial charge in [-0.3, -0.25) is 4.79 Å². The van der Waals surface area contributed by atoms with E-state index >= 15 is 0 Å². The summed E-state index contributed by atoms with van der Waals surface area (Å²) in [6.07, 6.45) is -3.10. The average Bonchev–Trinajstić information content (AvgIpc) is 2.92. The Morgan fingerprint density at radius 2 is 1.69 bits per heavy atom. The van der Waals surface area contributed by atoms with Gasteiger partial charge in [0, 0.05) is 10.0 Å². The fourth-order valence-corrected chi connectivity index (χ4v) is 4.61. The summed E-state index contributed by atoms with van der Waals surface area (Å²) in [6.45, 7) is 0.373. The van der Waals surface area contributed by atoms with Crippen LogP contribution >= 0.6 is 31.9 Å². The van der Waals surface area contributed by atoms with Crippen LogP contribution in [0.2, 0.25) is 0 Å². The molecule has 0 N–H and O–H groups in total. The van der Waals surface area contributed by atoms with Crippen molar-refractivity contribution in [1.29, 1.82) is 0 Å². The lowest BCUT2D eigenvalue weighted by molar-refractivity contribution is -0.137. The van der Waals surface area contributed by atoms with Crippen molar-refractivity contribution >= 4 is 49.0 Å². The van der Waals surface area contributed by atoms with Crippen LogP contribution in [-0.4, -0.2) is 15.9 Å². The zero-order valence-corrected chi connectivity index (χ0v) is 23.2. The summed E-state index contributed by atoms with van der Waals surface area (Å²) in [7, 11) is 0. The van der Waals surface area contributed by atoms with E-state index in [0.717, 1.165) is 26.8 Å². The number of nitrogens with zero attached hydrogens (tertiary/aromatic N) is 3. The predicted octanol–water partition coefficient (Wildman–Crippen LogP) is 8.07.